The molecule has 0 saturated carbocycles. The molecule has 46 heavy (non-hydrogen) atoms. The van der Waals surface area contributed by atoms with Gasteiger partial charge in [-0.2, -0.15) is 0 Å². The summed E-state index contributed by atoms with van der Waals surface area (Å²) < 4.78 is 10.6. The van der Waals surface area contributed by atoms with Crippen LogP contribution in [0.3, 0.4) is 0 Å². The summed E-state index contributed by atoms with van der Waals surface area (Å²) in [7, 11) is 0. The van der Waals surface area contributed by atoms with Gasteiger partial charge in [-0.25, -0.2) is 9.98 Å². The van der Waals surface area contributed by atoms with E-state index in [0.29, 0.717) is 29.1 Å². The van der Waals surface area contributed by atoms with Crippen LogP contribution >= 0.6 is 0 Å². The van der Waals surface area contributed by atoms with Gasteiger partial charge in [0.1, 0.15) is 22.8 Å². The van der Waals surface area contributed by atoms with Crippen LogP contribution in [0.25, 0.3) is 71.9 Å². The number of nitrogens with zero attached hydrogens (tertiary/aromatic N) is 6. The maximum absolute atomic E-state index is 11.2. The molecule has 0 aliphatic carbocycles. The van der Waals surface area contributed by atoms with Crippen molar-refractivity contribution in [2.45, 2.75) is 13.3 Å². The van der Waals surface area contributed by atoms with E-state index in [9.17, 15) is 5.11 Å². The van der Waals surface area contributed by atoms with Crippen LogP contribution in [0.1, 0.15) is 13.3 Å². The smallest absolute Gasteiger partial charge is 0.227 e. The normalized spacial score (nSPS) is 12.3. The molecule has 9 rings (SSSR count). The molecular formula is C38H26N6O2. The van der Waals surface area contributed by atoms with Gasteiger partial charge in [-0.3, -0.25) is 14.5 Å². The number of phenolic OH excluding ortho intramolecular Hbond substituents is 1. The standard InChI is InChI=1S/C38H26N6O2/c1-2-37(44-32-10-6-4-8-26(32)28-22-40-18-16-34(28)44)41-29-13-11-23(19-35(29)45)38-42-30-14-12-24(20-36(30)46-38)43-31-9-5-3-7-25(31)27-21-39-17-15-33(27)43/h3-22,45H,2H2,1H3. The predicted molar refractivity (Wildman–Crippen MR) is 183 cm³/mol. The Morgan fingerprint density at radius 3 is 2.20 bits per heavy atom. The second kappa shape index (κ2) is 10.1. The number of aliphatic imine (C=N–C) groups is 1. The molecule has 8 nitrogen and oxygen atoms in total. The Hall–Kier alpha value is -6.28. The van der Waals surface area contributed by atoms with Gasteiger partial charge in [-0.05, 0) is 54.6 Å². The average Bonchev–Trinajstić information content (AvgIpc) is 3.78. The Labute approximate surface area is 262 Å². The van der Waals surface area contributed by atoms with Gasteiger partial charge in [0.25, 0.3) is 0 Å². The van der Waals surface area contributed by atoms with E-state index in [-0.39, 0.29) is 5.75 Å². The number of phenols is 1. The van der Waals surface area contributed by atoms with Crippen LogP contribution in [-0.4, -0.2) is 35.0 Å². The molecule has 1 N–H and O–H groups in total. The third kappa shape index (κ3) is 3.93. The molecule has 0 unspecified atom stereocenters. The van der Waals surface area contributed by atoms with Gasteiger partial charge in [-0.15, -0.1) is 0 Å². The fourth-order valence-corrected chi connectivity index (χ4v) is 6.54. The Bertz CT molecular complexity index is 2550. The first-order valence-electron chi connectivity index (χ1n) is 15.2. The molecule has 0 fully saturated rings. The largest absolute Gasteiger partial charge is 0.506 e. The molecule has 0 aliphatic rings. The predicted octanol–water partition coefficient (Wildman–Crippen LogP) is 9.18. The molecule has 8 heteroatoms. The van der Waals surface area contributed by atoms with Crippen LogP contribution in [0.4, 0.5) is 5.69 Å². The summed E-state index contributed by atoms with van der Waals surface area (Å²) in [4.78, 5) is 18.4. The van der Waals surface area contributed by atoms with E-state index < -0.39 is 0 Å². The quantitative estimate of drug-likeness (QED) is 0.161. The number of pyridine rings is 2. The monoisotopic (exact) mass is 598 g/mol. The fraction of sp³-hybridized carbons (Fsp3) is 0.0526. The number of aromatic hydroxyl groups is 1. The molecule has 0 spiro atoms. The number of aromatic nitrogens is 5. The highest BCUT2D eigenvalue weighted by Gasteiger charge is 2.17. The van der Waals surface area contributed by atoms with Gasteiger partial charge in [0.15, 0.2) is 5.58 Å². The number of para-hydroxylation sites is 2. The second-order valence-corrected chi connectivity index (χ2v) is 11.2. The number of benzene rings is 4. The van der Waals surface area contributed by atoms with Crippen molar-refractivity contribution in [3.8, 4) is 22.9 Å². The molecule has 9 aromatic rings. The van der Waals surface area contributed by atoms with E-state index in [0.717, 1.165) is 60.7 Å². The minimum Gasteiger partial charge on any atom is -0.506 e. The average molecular weight is 599 g/mol. The first-order chi connectivity index (χ1) is 22.7. The van der Waals surface area contributed by atoms with Gasteiger partial charge >= 0.3 is 0 Å². The van der Waals surface area contributed by atoms with Crippen molar-refractivity contribution >= 4 is 66.2 Å². The molecule has 0 saturated heterocycles. The first kappa shape index (κ1) is 26.2. The second-order valence-electron chi connectivity index (χ2n) is 11.2. The summed E-state index contributed by atoms with van der Waals surface area (Å²) in [5, 5.41) is 15.6. The zero-order chi connectivity index (χ0) is 30.8. The third-order valence-corrected chi connectivity index (χ3v) is 8.62. The van der Waals surface area contributed by atoms with Crippen molar-refractivity contribution in [2.75, 3.05) is 0 Å². The summed E-state index contributed by atoms with van der Waals surface area (Å²) >= 11 is 0. The SMILES string of the molecule is CCC(=Nc1ccc(-c2nc3ccc(-n4c5ccccc5c5cnccc54)cc3o2)cc1O)n1c2ccccc2c2cnccc21. The van der Waals surface area contributed by atoms with E-state index in [1.807, 2.05) is 85.3 Å². The van der Waals surface area contributed by atoms with Crippen LogP contribution in [0.2, 0.25) is 0 Å². The van der Waals surface area contributed by atoms with Gasteiger partial charge in [0.05, 0.1) is 27.8 Å². The first-order valence-corrected chi connectivity index (χ1v) is 15.2. The van der Waals surface area contributed by atoms with E-state index in [4.69, 9.17) is 14.4 Å². The highest BCUT2D eigenvalue weighted by Crippen LogP contribution is 2.36. The molecule has 4 aromatic carbocycles. The Balaban J connectivity index is 1.11. The topological polar surface area (TPSA) is 94.3 Å². The minimum absolute atomic E-state index is 0.0488. The van der Waals surface area contributed by atoms with Gasteiger partial charge < -0.3 is 14.1 Å². The fourth-order valence-electron chi connectivity index (χ4n) is 6.54. The van der Waals surface area contributed by atoms with Crippen LogP contribution in [-0.2, 0) is 0 Å². The lowest BCUT2D eigenvalue weighted by Gasteiger charge is -2.10. The van der Waals surface area contributed by atoms with Crippen molar-refractivity contribution in [2.24, 2.45) is 4.99 Å². The molecule has 0 bridgehead atoms. The lowest BCUT2D eigenvalue weighted by molar-refractivity contribution is 0.476. The van der Waals surface area contributed by atoms with Crippen LogP contribution < -0.4 is 0 Å². The summed E-state index contributed by atoms with van der Waals surface area (Å²) in [6, 6.07) is 31.9. The summed E-state index contributed by atoms with van der Waals surface area (Å²) in [6.07, 6.45) is 8.06. The zero-order valence-electron chi connectivity index (χ0n) is 24.8. The molecule has 0 aliphatic heterocycles. The van der Waals surface area contributed by atoms with Crippen LogP contribution in [0.5, 0.6) is 5.75 Å². The molecule has 0 amide bonds. The van der Waals surface area contributed by atoms with Gasteiger partial charge in [-0.1, -0.05) is 43.3 Å². The lowest BCUT2D eigenvalue weighted by Crippen LogP contribution is -2.10. The number of fused-ring (bicyclic) bond motifs is 7. The van der Waals surface area contributed by atoms with E-state index in [1.165, 1.54) is 0 Å². The molecule has 0 atom stereocenters. The Morgan fingerprint density at radius 1 is 0.739 bits per heavy atom. The molecule has 220 valence electrons. The number of hydrogen-bond acceptors (Lipinski definition) is 6. The van der Waals surface area contributed by atoms with Crippen molar-refractivity contribution in [3.63, 3.8) is 0 Å². The van der Waals surface area contributed by atoms with E-state index in [1.54, 1.807) is 12.3 Å². The number of oxazole rings is 1. The van der Waals surface area contributed by atoms with Crippen LogP contribution in [0.15, 0.2) is 131 Å². The maximum Gasteiger partial charge on any atom is 0.227 e. The van der Waals surface area contributed by atoms with Crippen molar-refractivity contribution < 1.29 is 9.52 Å². The zero-order valence-corrected chi connectivity index (χ0v) is 24.8. The maximum atomic E-state index is 11.2. The highest BCUT2D eigenvalue weighted by atomic mass is 16.3. The van der Waals surface area contributed by atoms with Crippen molar-refractivity contribution in [1.82, 2.24) is 24.1 Å². The molecular weight excluding hydrogens is 572 g/mol. The third-order valence-electron chi connectivity index (χ3n) is 8.62. The highest BCUT2D eigenvalue weighted by molar-refractivity contribution is 6.14. The summed E-state index contributed by atoms with van der Waals surface area (Å²) in [5.74, 6) is 1.29. The summed E-state index contributed by atoms with van der Waals surface area (Å²) in [5.41, 5.74) is 7.73. The van der Waals surface area contributed by atoms with E-state index in [2.05, 4.69) is 50.3 Å². The van der Waals surface area contributed by atoms with Gasteiger partial charge in [0.2, 0.25) is 5.89 Å². The summed E-state index contributed by atoms with van der Waals surface area (Å²) in [6.45, 7) is 2.06. The molecule has 5 aromatic heterocycles. The lowest BCUT2D eigenvalue weighted by atomic mass is 10.2. The number of hydrogen-bond donors (Lipinski definition) is 1. The van der Waals surface area contributed by atoms with E-state index >= 15 is 0 Å². The number of rotatable bonds is 4. The van der Waals surface area contributed by atoms with Crippen molar-refractivity contribution in [1.29, 1.82) is 0 Å². The van der Waals surface area contributed by atoms with Gasteiger partial charge in [0, 0.05) is 64.4 Å². The Kier molecular flexibility index (Phi) is 5.76. The molecule has 5 heterocycles. The minimum atomic E-state index is 0.0488. The molecule has 0 radical (unpaired) electrons. The Morgan fingerprint density at radius 2 is 1.41 bits per heavy atom. The van der Waals surface area contributed by atoms with Crippen LogP contribution in [0, 0.1) is 0 Å². The van der Waals surface area contributed by atoms with Crippen molar-refractivity contribution in [3.05, 3.63) is 122 Å².